The summed E-state index contributed by atoms with van der Waals surface area (Å²) in [5, 5.41) is 6.24. The monoisotopic (exact) mass is 111 g/mol. The van der Waals surface area contributed by atoms with Crippen LogP contribution in [0.4, 0.5) is 0 Å². The molecule has 0 amide bonds. The van der Waals surface area contributed by atoms with Crippen LogP contribution in [0.15, 0.2) is 6.20 Å². The molecule has 0 aliphatic carbocycles. The fraction of sp³-hybridized carbons (Fsp3) is 0.400. The van der Waals surface area contributed by atoms with Crippen molar-refractivity contribution in [2.24, 2.45) is 0 Å². The zero-order chi connectivity index (χ0) is 5.82. The molecule has 1 rings (SSSR count). The molecule has 0 spiro atoms. The van der Waals surface area contributed by atoms with E-state index >= 15 is 0 Å². The Morgan fingerprint density at radius 2 is 2.88 bits per heavy atom. The van der Waals surface area contributed by atoms with E-state index in [0.29, 0.717) is 6.61 Å². The van der Waals surface area contributed by atoms with Crippen LogP contribution in [0.3, 0.4) is 0 Å². The van der Waals surface area contributed by atoms with E-state index in [2.05, 4.69) is 16.4 Å². The number of hydrogen-bond acceptors (Lipinski definition) is 2. The number of nitrogens with zero attached hydrogens (tertiary/aromatic N) is 1. The molecular formula is C5H7N2O. The fourth-order valence-corrected chi connectivity index (χ4v) is 0.476. The maximum Gasteiger partial charge on any atom is 0.118 e. The molecule has 0 saturated carbocycles. The maximum absolute atomic E-state index is 4.79. The molecule has 0 aliphatic heterocycles. The minimum absolute atomic E-state index is 0.580. The normalized spacial score (nSPS) is 9.62. The molecule has 0 bridgehead atoms. The van der Waals surface area contributed by atoms with Crippen LogP contribution in [-0.4, -0.2) is 17.3 Å². The van der Waals surface area contributed by atoms with Crippen molar-refractivity contribution in [2.45, 2.75) is 6.61 Å². The minimum Gasteiger partial charge on any atom is -0.380 e. The zero-order valence-electron chi connectivity index (χ0n) is 4.64. The summed E-state index contributed by atoms with van der Waals surface area (Å²) in [7, 11) is 1.64. The molecular weight excluding hydrogens is 104 g/mol. The van der Waals surface area contributed by atoms with Crippen molar-refractivity contribution in [1.29, 1.82) is 0 Å². The number of aromatic amines is 1. The molecule has 1 aromatic rings. The fourth-order valence-electron chi connectivity index (χ4n) is 0.476. The average molecular weight is 111 g/mol. The van der Waals surface area contributed by atoms with E-state index in [4.69, 9.17) is 4.74 Å². The van der Waals surface area contributed by atoms with E-state index in [1.165, 1.54) is 0 Å². The van der Waals surface area contributed by atoms with E-state index in [-0.39, 0.29) is 0 Å². The van der Waals surface area contributed by atoms with Gasteiger partial charge in [-0.1, -0.05) is 0 Å². The first-order valence-corrected chi connectivity index (χ1v) is 2.33. The molecule has 3 nitrogen and oxygen atoms in total. The Morgan fingerprint density at radius 1 is 2.00 bits per heavy atom. The molecule has 43 valence electrons. The van der Waals surface area contributed by atoms with Crippen molar-refractivity contribution in [3.05, 3.63) is 18.0 Å². The Balaban J connectivity index is 2.50. The Morgan fingerprint density at radius 3 is 3.38 bits per heavy atom. The van der Waals surface area contributed by atoms with Crippen molar-refractivity contribution >= 4 is 0 Å². The number of hydrogen-bond donors (Lipinski definition) is 1. The lowest BCUT2D eigenvalue weighted by Crippen LogP contribution is -1.81. The number of ether oxygens (including phenoxy) is 1. The molecule has 1 aromatic heterocycles. The van der Waals surface area contributed by atoms with Crippen molar-refractivity contribution in [3.63, 3.8) is 0 Å². The number of rotatable bonds is 2. The van der Waals surface area contributed by atoms with Gasteiger partial charge in [-0.15, -0.1) is 0 Å². The minimum atomic E-state index is 0.580. The highest BCUT2D eigenvalue weighted by atomic mass is 16.5. The van der Waals surface area contributed by atoms with Crippen molar-refractivity contribution in [2.75, 3.05) is 7.11 Å². The van der Waals surface area contributed by atoms with Gasteiger partial charge in [-0.05, 0) is 0 Å². The predicted molar refractivity (Wildman–Crippen MR) is 28.1 cm³/mol. The van der Waals surface area contributed by atoms with E-state index < -0.39 is 0 Å². The second kappa shape index (κ2) is 2.47. The number of methoxy groups -OCH3 is 1. The standard InChI is InChI=1S/C5H7N2O/c1-8-4-5-2-6-7-3-5/h2H,4H2,1H3,(H,6,7). The van der Waals surface area contributed by atoms with E-state index in [9.17, 15) is 0 Å². The lowest BCUT2D eigenvalue weighted by atomic mass is 10.4. The molecule has 3 heteroatoms. The molecule has 0 atom stereocenters. The highest BCUT2D eigenvalue weighted by molar-refractivity contribution is 4.97. The van der Waals surface area contributed by atoms with E-state index in [1.807, 2.05) is 0 Å². The molecule has 0 saturated heterocycles. The Bertz CT molecular complexity index is 136. The molecule has 1 heterocycles. The topological polar surface area (TPSA) is 37.9 Å². The van der Waals surface area contributed by atoms with Crippen LogP contribution in [-0.2, 0) is 11.3 Å². The summed E-state index contributed by atoms with van der Waals surface area (Å²) in [5.74, 6) is 0. The van der Waals surface area contributed by atoms with Crippen LogP contribution in [0.1, 0.15) is 5.56 Å². The number of aromatic nitrogens is 2. The zero-order valence-corrected chi connectivity index (χ0v) is 4.64. The predicted octanol–water partition coefficient (Wildman–Crippen LogP) is 0.356. The van der Waals surface area contributed by atoms with E-state index in [1.54, 1.807) is 13.3 Å². The van der Waals surface area contributed by atoms with Crippen LogP contribution in [0.2, 0.25) is 0 Å². The summed E-state index contributed by atoms with van der Waals surface area (Å²) >= 11 is 0. The first-order chi connectivity index (χ1) is 3.93. The van der Waals surface area contributed by atoms with Gasteiger partial charge in [0.1, 0.15) is 6.20 Å². The van der Waals surface area contributed by atoms with Crippen molar-refractivity contribution in [1.82, 2.24) is 10.2 Å². The maximum atomic E-state index is 4.79. The molecule has 8 heavy (non-hydrogen) atoms. The van der Waals surface area contributed by atoms with Gasteiger partial charge in [0.15, 0.2) is 0 Å². The third-order valence-electron chi connectivity index (χ3n) is 0.803. The van der Waals surface area contributed by atoms with Gasteiger partial charge in [-0.25, -0.2) is 0 Å². The first-order valence-electron chi connectivity index (χ1n) is 2.33. The van der Waals surface area contributed by atoms with Crippen LogP contribution < -0.4 is 0 Å². The lowest BCUT2D eigenvalue weighted by molar-refractivity contribution is 0.184. The molecule has 0 aliphatic rings. The SMILES string of the molecule is COCc1[c]n[nH]c1. The number of H-pyrrole nitrogens is 1. The van der Waals surface area contributed by atoms with Gasteiger partial charge in [0.2, 0.25) is 0 Å². The van der Waals surface area contributed by atoms with Gasteiger partial charge in [0, 0.05) is 18.9 Å². The van der Waals surface area contributed by atoms with Crippen molar-refractivity contribution < 1.29 is 4.74 Å². The van der Waals surface area contributed by atoms with Gasteiger partial charge >= 0.3 is 0 Å². The molecule has 1 N–H and O–H groups in total. The first kappa shape index (κ1) is 5.31. The highest BCUT2D eigenvalue weighted by Crippen LogP contribution is 1.92. The summed E-state index contributed by atoms with van der Waals surface area (Å²) in [4.78, 5) is 0. The van der Waals surface area contributed by atoms with Crippen LogP contribution >= 0.6 is 0 Å². The molecule has 0 fully saturated rings. The van der Waals surface area contributed by atoms with Crippen LogP contribution in [0, 0.1) is 6.20 Å². The van der Waals surface area contributed by atoms with Gasteiger partial charge < -0.3 is 4.74 Å². The van der Waals surface area contributed by atoms with Gasteiger partial charge in [-0.3, -0.25) is 5.10 Å². The summed E-state index contributed by atoms with van der Waals surface area (Å²) < 4.78 is 4.79. The van der Waals surface area contributed by atoms with Gasteiger partial charge in [-0.2, -0.15) is 5.10 Å². The van der Waals surface area contributed by atoms with Gasteiger partial charge in [0.05, 0.1) is 6.61 Å². The Kier molecular flexibility index (Phi) is 1.64. The largest absolute Gasteiger partial charge is 0.380 e. The highest BCUT2D eigenvalue weighted by Gasteiger charge is 1.88. The molecule has 0 unspecified atom stereocenters. The Hall–Kier alpha value is -0.830. The van der Waals surface area contributed by atoms with Crippen LogP contribution in [0.25, 0.3) is 0 Å². The second-order valence-corrected chi connectivity index (χ2v) is 1.46. The third kappa shape index (κ3) is 1.07. The average Bonchev–Trinajstić information content (AvgIpc) is 2.19. The Labute approximate surface area is 47.7 Å². The summed E-state index contributed by atoms with van der Waals surface area (Å²) in [6.45, 7) is 0.580. The molecule has 0 aromatic carbocycles. The number of nitrogens with one attached hydrogen (secondary N) is 1. The van der Waals surface area contributed by atoms with Gasteiger partial charge in [0.25, 0.3) is 0 Å². The summed E-state index contributed by atoms with van der Waals surface area (Å²) in [6.07, 6.45) is 4.46. The molecule has 1 radical (unpaired) electrons. The quantitative estimate of drug-likeness (QED) is 0.598. The smallest absolute Gasteiger partial charge is 0.118 e. The summed E-state index contributed by atoms with van der Waals surface area (Å²) in [6, 6.07) is 0. The van der Waals surface area contributed by atoms with Crippen molar-refractivity contribution in [3.8, 4) is 0 Å². The van der Waals surface area contributed by atoms with E-state index in [0.717, 1.165) is 5.56 Å². The lowest BCUT2D eigenvalue weighted by Gasteiger charge is -1.87. The second-order valence-electron chi connectivity index (χ2n) is 1.46. The van der Waals surface area contributed by atoms with Crippen LogP contribution in [0.5, 0.6) is 0 Å². The summed E-state index contributed by atoms with van der Waals surface area (Å²) in [5.41, 5.74) is 0.951. The third-order valence-corrected chi connectivity index (χ3v) is 0.803.